The van der Waals surface area contributed by atoms with E-state index in [1.54, 1.807) is 0 Å². The molecule has 4 nitrogen and oxygen atoms in total. The van der Waals surface area contributed by atoms with E-state index in [4.69, 9.17) is 0 Å². The second kappa shape index (κ2) is 3.82. The Balaban J connectivity index is 2.65. The molecule has 1 aromatic rings. The third-order valence-electron chi connectivity index (χ3n) is 1.93. The van der Waals surface area contributed by atoms with Crippen molar-refractivity contribution in [2.45, 2.75) is 34.1 Å². The van der Waals surface area contributed by atoms with Crippen LogP contribution in [0.2, 0.25) is 0 Å². The van der Waals surface area contributed by atoms with Crippen LogP contribution in [-0.2, 0) is 11.2 Å². The number of carbonyl (C=O) groups is 1. The number of nitrogens with zero attached hydrogens (tertiary/aromatic N) is 1. The summed E-state index contributed by atoms with van der Waals surface area (Å²) in [5.41, 5.74) is 0.639. The Morgan fingerprint density at radius 1 is 1.57 bits per heavy atom. The van der Waals surface area contributed by atoms with Crippen LogP contribution in [0.15, 0.2) is 6.07 Å². The van der Waals surface area contributed by atoms with Gasteiger partial charge < -0.3 is 5.32 Å². The summed E-state index contributed by atoms with van der Waals surface area (Å²) in [5.74, 6) is 0.577. The van der Waals surface area contributed by atoms with E-state index >= 15 is 0 Å². The van der Waals surface area contributed by atoms with Gasteiger partial charge in [0, 0.05) is 17.2 Å². The van der Waals surface area contributed by atoms with Crippen LogP contribution in [0, 0.1) is 5.41 Å². The Labute approximate surface area is 84.1 Å². The predicted molar refractivity (Wildman–Crippen MR) is 56.1 cm³/mol. The van der Waals surface area contributed by atoms with Gasteiger partial charge in [-0.05, 0) is 6.42 Å². The summed E-state index contributed by atoms with van der Waals surface area (Å²) >= 11 is 0. The van der Waals surface area contributed by atoms with Gasteiger partial charge in [-0.3, -0.25) is 9.89 Å². The van der Waals surface area contributed by atoms with Crippen molar-refractivity contribution in [2.75, 3.05) is 5.32 Å². The number of aromatic amines is 1. The van der Waals surface area contributed by atoms with Gasteiger partial charge in [-0.15, -0.1) is 0 Å². The number of aryl methyl sites for hydroxylation is 1. The number of anilines is 1. The first-order valence-corrected chi connectivity index (χ1v) is 4.79. The fourth-order valence-corrected chi connectivity index (χ4v) is 0.911. The van der Waals surface area contributed by atoms with Crippen LogP contribution in [-0.4, -0.2) is 16.1 Å². The minimum Gasteiger partial charge on any atom is -0.309 e. The number of amides is 1. The maximum absolute atomic E-state index is 11.6. The summed E-state index contributed by atoms with van der Waals surface area (Å²) in [7, 11) is 0. The summed E-state index contributed by atoms with van der Waals surface area (Å²) in [6.45, 7) is 7.64. The molecule has 0 aromatic carbocycles. The zero-order valence-electron chi connectivity index (χ0n) is 9.14. The molecule has 78 valence electrons. The lowest BCUT2D eigenvalue weighted by atomic mass is 9.96. The molecule has 0 aliphatic heterocycles. The Hall–Kier alpha value is -1.32. The van der Waals surface area contributed by atoms with E-state index in [1.807, 2.05) is 33.8 Å². The average Bonchev–Trinajstić information content (AvgIpc) is 2.50. The third-order valence-corrected chi connectivity index (χ3v) is 1.93. The lowest BCUT2D eigenvalue weighted by Gasteiger charge is -2.15. The quantitative estimate of drug-likeness (QED) is 0.757. The maximum atomic E-state index is 11.6. The van der Waals surface area contributed by atoms with E-state index in [2.05, 4.69) is 15.5 Å². The SMILES string of the molecule is CCc1cc(NC(=O)C(C)(C)C)n[nH]1. The highest BCUT2D eigenvalue weighted by atomic mass is 16.2. The van der Waals surface area contributed by atoms with Gasteiger partial charge in [-0.2, -0.15) is 5.10 Å². The molecule has 1 aromatic heterocycles. The molecule has 2 N–H and O–H groups in total. The van der Waals surface area contributed by atoms with Gasteiger partial charge in [0.2, 0.25) is 5.91 Å². The molecular formula is C10H17N3O. The standard InChI is InChI=1S/C10H17N3O/c1-5-7-6-8(13-12-7)11-9(14)10(2,3)4/h6H,5H2,1-4H3,(H2,11,12,13,14). The first kappa shape index (κ1) is 10.8. The van der Waals surface area contributed by atoms with Crippen LogP contribution in [0.1, 0.15) is 33.4 Å². The van der Waals surface area contributed by atoms with Crippen LogP contribution in [0.3, 0.4) is 0 Å². The lowest BCUT2D eigenvalue weighted by molar-refractivity contribution is -0.123. The summed E-state index contributed by atoms with van der Waals surface area (Å²) in [6.07, 6.45) is 0.887. The van der Waals surface area contributed by atoms with Gasteiger partial charge in [0.25, 0.3) is 0 Å². The molecule has 1 heterocycles. The predicted octanol–water partition coefficient (Wildman–Crippen LogP) is 1.96. The largest absolute Gasteiger partial charge is 0.309 e. The summed E-state index contributed by atoms with van der Waals surface area (Å²) in [5, 5.41) is 9.59. The van der Waals surface area contributed by atoms with Crippen molar-refractivity contribution < 1.29 is 4.79 Å². The van der Waals surface area contributed by atoms with Gasteiger partial charge in [-0.25, -0.2) is 0 Å². The van der Waals surface area contributed by atoms with Crippen LogP contribution in [0.4, 0.5) is 5.82 Å². The van der Waals surface area contributed by atoms with Crippen molar-refractivity contribution in [1.29, 1.82) is 0 Å². The molecule has 14 heavy (non-hydrogen) atoms. The highest BCUT2D eigenvalue weighted by Crippen LogP contribution is 2.16. The molecule has 0 aliphatic carbocycles. The first-order chi connectivity index (χ1) is 6.43. The zero-order valence-corrected chi connectivity index (χ0v) is 9.14. The molecule has 1 amide bonds. The van der Waals surface area contributed by atoms with Crippen LogP contribution >= 0.6 is 0 Å². The minimum atomic E-state index is -0.384. The fraction of sp³-hybridized carbons (Fsp3) is 0.600. The second-order valence-corrected chi connectivity index (χ2v) is 4.34. The second-order valence-electron chi connectivity index (χ2n) is 4.34. The van der Waals surface area contributed by atoms with E-state index in [-0.39, 0.29) is 11.3 Å². The number of carbonyl (C=O) groups excluding carboxylic acids is 1. The Bertz CT molecular complexity index is 322. The van der Waals surface area contributed by atoms with Gasteiger partial charge >= 0.3 is 0 Å². The molecule has 0 bridgehead atoms. The number of hydrogen-bond acceptors (Lipinski definition) is 2. The van der Waals surface area contributed by atoms with Crippen molar-refractivity contribution in [3.05, 3.63) is 11.8 Å². The monoisotopic (exact) mass is 195 g/mol. The van der Waals surface area contributed by atoms with Crippen LogP contribution in [0.25, 0.3) is 0 Å². The smallest absolute Gasteiger partial charge is 0.230 e. The van der Waals surface area contributed by atoms with Crippen molar-refractivity contribution in [1.82, 2.24) is 10.2 Å². The number of aromatic nitrogens is 2. The Morgan fingerprint density at radius 2 is 2.21 bits per heavy atom. The lowest BCUT2D eigenvalue weighted by Crippen LogP contribution is -2.27. The topological polar surface area (TPSA) is 57.8 Å². The Morgan fingerprint density at radius 3 is 2.64 bits per heavy atom. The van der Waals surface area contributed by atoms with Gasteiger partial charge in [0.05, 0.1) is 0 Å². The summed E-state index contributed by atoms with van der Waals surface area (Å²) in [6, 6.07) is 1.85. The molecular weight excluding hydrogens is 178 g/mol. The molecule has 0 radical (unpaired) electrons. The van der Waals surface area contributed by atoms with Crippen molar-refractivity contribution >= 4 is 11.7 Å². The Kier molecular flexibility index (Phi) is 2.93. The molecule has 4 heteroatoms. The summed E-state index contributed by atoms with van der Waals surface area (Å²) < 4.78 is 0. The molecule has 0 aliphatic rings. The van der Waals surface area contributed by atoms with Gasteiger partial charge in [0.1, 0.15) is 0 Å². The molecule has 1 rings (SSSR count). The van der Waals surface area contributed by atoms with E-state index in [0.29, 0.717) is 5.82 Å². The van der Waals surface area contributed by atoms with E-state index in [0.717, 1.165) is 12.1 Å². The number of rotatable bonds is 2. The summed E-state index contributed by atoms with van der Waals surface area (Å²) in [4.78, 5) is 11.6. The van der Waals surface area contributed by atoms with E-state index < -0.39 is 0 Å². The van der Waals surface area contributed by atoms with Crippen molar-refractivity contribution in [3.63, 3.8) is 0 Å². The fourth-order valence-electron chi connectivity index (χ4n) is 0.911. The molecule has 0 saturated heterocycles. The van der Waals surface area contributed by atoms with Crippen molar-refractivity contribution in [3.8, 4) is 0 Å². The van der Waals surface area contributed by atoms with Crippen LogP contribution in [0.5, 0.6) is 0 Å². The third kappa shape index (κ3) is 2.58. The minimum absolute atomic E-state index is 0.0216. The number of hydrogen-bond donors (Lipinski definition) is 2. The highest BCUT2D eigenvalue weighted by Gasteiger charge is 2.21. The molecule has 0 saturated carbocycles. The average molecular weight is 195 g/mol. The highest BCUT2D eigenvalue weighted by molar-refractivity contribution is 5.93. The first-order valence-electron chi connectivity index (χ1n) is 4.79. The number of nitrogens with one attached hydrogen (secondary N) is 2. The molecule has 0 fully saturated rings. The number of H-pyrrole nitrogens is 1. The molecule has 0 unspecified atom stereocenters. The van der Waals surface area contributed by atoms with Crippen LogP contribution < -0.4 is 5.32 Å². The molecule has 0 atom stereocenters. The van der Waals surface area contributed by atoms with Gasteiger partial charge in [-0.1, -0.05) is 27.7 Å². The zero-order chi connectivity index (χ0) is 10.8. The molecule has 0 spiro atoms. The van der Waals surface area contributed by atoms with E-state index in [1.165, 1.54) is 0 Å². The van der Waals surface area contributed by atoms with E-state index in [9.17, 15) is 4.79 Å². The van der Waals surface area contributed by atoms with Crippen molar-refractivity contribution in [2.24, 2.45) is 5.41 Å². The maximum Gasteiger partial charge on any atom is 0.230 e. The van der Waals surface area contributed by atoms with Gasteiger partial charge in [0.15, 0.2) is 5.82 Å². The normalized spacial score (nSPS) is 11.4.